The Balaban J connectivity index is 1.58. The van der Waals surface area contributed by atoms with E-state index < -0.39 is 10.0 Å². The van der Waals surface area contributed by atoms with Gasteiger partial charge in [0.1, 0.15) is 0 Å². The van der Waals surface area contributed by atoms with Gasteiger partial charge in [-0.2, -0.15) is 5.10 Å². The maximum absolute atomic E-state index is 14.1. The number of piperidine rings is 1. The Kier molecular flexibility index (Phi) is 7.31. The molecule has 0 saturated carbocycles. The molecule has 0 bridgehead atoms. The van der Waals surface area contributed by atoms with Crippen LogP contribution in [0.1, 0.15) is 37.1 Å². The average Bonchev–Trinajstić information content (AvgIpc) is 3.55. The number of benzene rings is 1. The fraction of sp³-hybridized carbons (Fsp3) is 0.300. The van der Waals surface area contributed by atoms with E-state index in [4.69, 9.17) is 21.3 Å². The lowest BCUT2D eigenvalue weighted by Gasteiger charge is -2.22. The van der Waals surface area contributed by atoms with Crippen LogP contribution >= 0.6 is 11.6 Å². The highest BCUT2D eigenvalue weighted by molar-refractivity contribution is 7.90. The molecule has 6 rings (SSSR count). The normalized spacial score (nSPS) is 14.5. The minimum atomic E-state index is -3.96. The molecule has 4 aromatic heterocycles. The quantitative estimate of drug-likeness (QED) is 0.261. The second-order valence-corrected chi connectivity index (χ2v) is 12.4. The molecule has 0 amide bonds. The maximum atomic E-state index is 14.1. The summed E-state index contributed by atoms with van der Waals surface area (Å²) in [6, 6.07) is 12.7. The molecule has 41 heavy (non-hydrogen) atoms. The molecule has 0 atom stereocenters. The summed E-state index contributed by atoms with van der Waals surface area (Å²) in [5.74, 6) is 0.471. The summed E-state index contributed by atoms with van der Waals surface area (Å²) < 4.78 is 36.8. The number of nitrogens with one attached hydrogen (secondary N) is 1. The van der Waals surface area contributed by atoms with Gasteiger partial charge in [0.2, 0.25) is 5.88 Å². The maximum Gasteiger partial charge on any atom is 0.269 e. The van der Waals surface area contributed by atoms with Crippen LogP contribution in [0.4, 0.5) is 0 Å². The second-order valence-electron chi connectivity index (χ2n) is 10.2. The van der Waals surface area contributed by atoms with Gasteiger partial charge in [-0.3, -0.25) is 4.68 Å². The number of aromatic nitrogens is 5. The SMILES string of the molecule is CCc1c(-c2ccc(OC)nc2)c2cc(-c3cn(C4CCNCC4)nc3Cl)cnc2n1S(=O)(=O)c1ccc(C)cc1. The van der Waals surface area contributed by atoms with Crippen molar-refractivity contribution in [2.24, 2.45) is 0 Å². The topological polar surface area (TPSA) is 104 Å². The molecule has 1 aliphatic rings. The Morgan fingerprint density at radius 2 is 1.78 bits per heavy atom. The van der Waals surface area contributed by atoms with E-state index >= 15 is 0 Å². The van der Waals surface area contributed by atoms with E-state index in [1.165, 1.54) is 3.97 Å². The standard InChI is InChI=1S/C30H31ClN6O3S/c1-4-26-28(20-7-10-27(40-3)33-16-20)24-15-21(25-18-36(35-29(25)31)22-11-13-32-14-12-22)17-34-30(24)37(26)41(38,39)23-8-5-19(2)6-9-23/h5-10,15-18,22,32H,4,11-14H2,1-3H3. The van der Waals surface area contributed by atoms with Gasteiger partial charge in [0.05, 0.1) is 18.0 Å². The molecule has 0 aliphatic carbocycles. The van der Waals surface area contributed by atoms with Crippen molar-refractivity contribution in [3.05, 3.63) is 77.5 Å². The molecule has 0 spiro atoms. The number of methoxy groups -OCH3 is 1. The van der Waals surface area contributed by atoms with Crippen LogP contribution in [0.2, 0.25) is 5.15 Å². The van der Waals surface area contributed by atoms with Gasteiger partial charge in [0.25, 0.3) is 10.0 Å². The van der Waals surface area contributed by atoms with Crippen molar-refractivity contribution >= 4 is 32.7 Å². The Morgan fingerprint density at radius 1 is 1.05 bits per heavy atom. The Labute approximate surface area is 244 Å². The van der Waals surface area contributed by atoms with Crippen LogP contribution in [0.5, 0.6) is 5.88 Å². The fourth-order valence-corrected chi connectivity index (χ4v) is 7.34. The van der Waals surface area contributed by atoms with Crippen molar-refractivity contribution in [1.82, 2.24) is 29.0 Å². The molecule has 9 nitrogen and oxygen atoms in total. The van der Waals surface area contributed by atoms with Gasteiger partial charge in [-0.25, -0.2) is 22.4 Å². The van der Waals surface area contributed by atoms with Gasteiger partial charge in [-0.1, -0.05) is 36.2 Å². The molecular weight excluding hydrogens is 560 g/mol. The zero-order valence-corrected chi connectivity index (χ0v) is 24.7. The molecule has 0 radical (unpaired) electrons. The van der Waals surface area contributed by atoms with Gasteiger partial charge >= 0.3 is 0 Å². The van der Waals surface area contributed by atoms with E-state index in [9.17, 15) is 8.42 Å². The van der Waals surface area contributed by atoms with Crippen LogP contribution in [0.15, 0.2) is 66.0 Å². The number of nitrogens with zero attached hydrogens (tertiary/aromatic N) is 5. The molecule has 1 aromatic carbocycles. The lowest BCUT2D eigenvalue weighted by molar-refractivity contribution is 0.343. The Bertz CT molecular complexity index is 1820. The fourth-order valence-electron chi connectivity index (χ4n) is 5.52. The summed E-state index contributed by atoms with van der Waals surface area (Å²) in [6.07, 6.45) is 7.74. The number of hydrogen-bond donors (Lipinski definition) is 1. The van der Waals surface area contributed by atoms with E-state index in [-0.39, 0.29) is 10.9 Å². The number of hydrogen-bond acceptors (Lipinski definition) is 7. The van der Waals surface area contributed by atoms with Crippen molar-refractivity contribution in [1.29, 1.82) is 0 Å². The second kappa shape index (κ2) is 10.9. The predicted molar refractivity (Wildman–Crippen MR) is 160 cm³/mol. The smallest absolute Gasteiger partial charge is 0.269 e. The largest absolute Gasteiger partial charge is 0.481 e. The lowest BCUT2D eigenvalue weighted by Crippen LogP contribution is -2.29. The molecule has 5 aromatic rings. The highest BCUT2D eigenvalue weighted by Crippen LogP contribution is 2.40. The third-order valence-corrected chi connectivity index (χ3v) is 9.69. The highest BCUT2D eigenvalue weighted by atomic mass is 35.5. The summed E-state index contributed by atoms with van der Waals surface area (Å²) >= 11 is 6.67. The molecule has 5 heterocycles. The molecule has 11 heteroatoms. The minimum Gasteiger partial charge on any atom is -0.481 e. The van der Waals surface area contributed by atoms with Crippen molar-refractivity contribution in [2.75, 3.05) is 20.2 Å². The van der Waals surface area contributed by atoms with Crippen LogP contribution in [-0.2, 0) is 16.4 Å². The lowest BCUT2D eigenvalue weighted by atomic mass is 10.0. The van der Waals surface area contributed by atoms with Crippen molar-refractivity contribution in [3.63, 3.8) is 0 Å². The van der Waals surface area contributed by atoms with Crippen LogP contribution in [0.3, 0.4) is 0 Å². The predicted octanol–water partition coefficient (Wildman–Crippen LogP) is 5.66. The van der Waals surface area contributed by atoms with Crippen molar-refractivity contribution in [3.8, 4) is 28.1 Å². The van der Waals surface area contributed by atoms with E-state index in [1.807, 2.05) is 36.9 Å². The summed E-state index contributed by atoms with van der Waals surface area (Å²) in [5, 5.41) is 9.07. The van der Waals surface area contributed by atoms with Crippen LogP contribution in [0, 0.1) is 6.92 Å². The molecule has 1 N–H and O–H groups in total. The zero-order valence-electron chi connectivity index (χ0n) is 23.1. The molecule has 1 fully saturated rings. The summed E-state index contributed by atoms with van der Waals surface area (Å²) in [7, 11) is -2.40. The monoisotopic (exact) mass is 590 g/mol. The van der Waals surface area contributed by atoms with Gasteiger partial charge in [-0.15, -0.1) is 0 Å². The summed E-state index contributed by atoms with van der Waals surface area (Å²) in [6.45, 7) is 5.74. The van der Waals surface area contributed by atoms with Crippen LogP contribution < -0.4 is 10.1 Å². The number of pyridine rings is 2. The Hall–Kier alpha value is -3.73. The van der Waals surface area contributed by atoms with Gasteiger partial charge in [0, 0.05) is 58.0 Å². The van der Waals surface area contributed by atoms with E-state index in [0.29, 0.717) is 34.2 Å². The molecular formula is C30H31ClN6O3S. The van der Waals surface area contributed by atoms with Gasteiger partial charge in [-0.05, 0) is 63.5 Å². The third kappa shape index (κ3) is 4.90. The van der Waals surface area contributed by atoms with Crippen LogP contribution in [-0.4, -0.2) is 52.3 Å². The molecule has 1 aliphatic heterocycles. The third-order valence-electron chi connectivity index (χ3n) is 7.67. The van der Waals surface area contributed by atoms with Gasteiger partial charge in [0.15, 0.2) is 10.8 Å². The molecule has 1 saturated heterocycles. The van der Waals surface area contributed by atoms with Crippen molar-refractivity contribution < 1.29 is 13.2 Å². The van der Waals surface area contributed by atoms with E-state index in [0.717, 1.165) is 53.7 Å². The first-order chi connectivity index (χ1) is 19.8. The summed E-state index contributed by atoms with van der Waals surface area (Å²) in [5.41, 5.74) is 4.98. The minimum absolute atomic E-state index is 0.200. The van der Waals surface area contributed by atoms with E-state index in [1.54, 1.807) is 49.8 Å². The number of rotatable bonds is 7. The average molecular weight is 591 g/mol. The van der Waals surface area contributed by atoms with Gasteiger partial charge < -0.3 is 10.1 Å². The number of aryl methyl sites for hydroxylation is 1. The summed E-state index contributed by atoms with van der Waals surface area (Å²) in [4.78, 5) is 9.36. The first-order valence-electron chi connectivity index (χ1n) is 13.6. The first kappa shape index (κ1) is 27.4. The van der Waals surface area contributed by atoms with Crippen molar-refractivity contribution in [2.45, 2.75) is 44.0 Å². The number of fused-ring (bicyclic) bond motifs is 1. The van der Waals surface area contributed by atoms with Crippen LogP contribution in [0.25, 0.3) is 33.3 Å². The zero-order chi connectivity index (χ0) is 28.7. The number of ether oxygens (including phenoxy) is 1. The number of halogens is 1. The Morgan fingerprint density at radius 3 is 2.44 bits per heavy atom. The first-order valence-corrected chi connectivity index (χ1v) is 15.4. The molecule has 212 valence electrons. The molecule has 0 unspecified atom stereocenters. The highest BCUT2D eigenvalue weighted by Gasteiger charge is 2.29. The van der Waals surface area contributed by atoms with E-state index in [2.05, 4.69) is 15.4 Å².